The molecule has 0 saturated heterocycles. The van der Waals surface area contributed by atoms with E-state index in [0.29, 0.717) is 12.8 Å². The van der Waals surface area contributed by atoms with Gasteiger partial charge in [0.05, 0.1) is 24.1 Å². The molecule has 164 valence electrons. The molecule has 2 heterocycles. The van der Waals surface area contributed by atoms with Gasteiger partial charge in [0, 0.05) is 18.2 Å². The predicted molar refractivity (Wildman–Crippen MR) is 115 cm³/mol. The Kier molecular flexibility index (Phi) is 5.17. The third kappa shape index (κ3) is 4.03. The van der Waals surface area contributed by atoms with E-state index < -0.39 is 16.4 Å². The maximum Gasteiger partial charge on any atom is 0.333 e. The second-order valence-electron chi connectivity index (χ2n) is 8.35. The van der Waals surface area contributed by atoms with Gasteiger partial charge in [0.2, 0.25) is 0 Å². The molecule has 0 unspecified atom stereocenters. The molecular formula is C21H25N5O4S. The van der Waals surface area contributed by atoms with Crippen LogP contribution in [0.15, 0.2) is 42.9 Å². The molecule has 0 radical (unpaired) electrons. The van der Waals surface area contributed by atoms with E-state index in [1.165, 1.54) is 11.1 Å². The van der Waals surface area contributed by atoms with Crippen molar-refractivity contribution in [3.63, 3.8) is 0 Å². The molecule has 0 aliphatic heterocycles. The summed E-state index contributed by atoms with van der Waals surface area (Å²) in [7, 11) is -4.03. The summed E-state index contributed by atoms with van der Waals surface area (Å²) in [5.74, 6) is 0.480. The molecule has 2 aliphatic rings. The monoisotopic (exact) mass is 443 g/mol. The van der Waals surface area contributed by atoms with Crippen LogP contribution in [0.1, 0.15) is 42.5 Å². The average molecular weight is 444 g/mol. The van der Waals surface area contributed by atoms with Crippen LogP contribution in [-0.4, -0.2) is 40.8 Å². The number of aliphatic hydroxyl groups excluding tert-OH is 1. The fraction of sp³-hybridized carbons (Fsp3) is 0.429. The molecule has 0 bridgehead atoms. The van der Waals surface area contributed by atoms with Crippen LogP contribution in [-0.2, 0) is 20.9 Å². The minimum absolute atomic E-state index is 0.0171. The van der Waals surface area contributed by atoms with E-state index in [1.54, 1.807) is 6.33 Å². The zero-order valence-electron chi connectivity index (χ0n) is 16.9. The highest BCUT2D eigenvalue weighted by Gasteiger charge is 2.35. The summed E-state index contributed by atoms with van der Waals surface area (Å²) in [5, 5.41) is 19.8. The van der Waals surface area contributed by atoms with Crippen molar-refractivity contribution in [3.05, 3.63) is 54.0 Å². The molecule has 31 heavy (non-hydrogen) atoms. The zero-order valence-corrected chi connectivity index (χ0v) is 17.7. The summed E-state index contributed by atoms with van der Waals surface area (Å²) in [4.78, 5) is 8.97. The molecule has 4 N–H and O–H groups in total. The average Bonchev–Trinajstić information content (AvgIpc) is 3.43. The van der Waals surface area contributed by atoms with E-state index in [-0.39, 0.29) is 24.6 Å². The summed E-state index contributed by atoms with van der Waals surface area (Å²) in [6.45, 7) is -0.126. The Bertz CT molecular complexity index is 1210. The topological polar surface area (TPSA) is 132 Å². The van der Waals surface area contributed by atoms with E-state index in [4.69, 9.17) is 9.32 Å². The Labute approximate surface area is 180 Å². The second kappa shape index (κ2) is 7.86. The molecule has 1 saturated carbocycles. The summed E-state index contributed by atoms with van der Waals surface area (Å²) in [5.41, 5.74) is 3.47. The molecule has 2 aliphatic carbocycles. The van der Waals surface area contributed by atoms with Crippen molar-refractivity contribution in [2.24, 2.45) is 11.1 Å². The SMILES string of the molecule is NS(=O)(=O)OC[C@H]1C[C@@H](n2ccc3c(N[C@H]4CCc5ccccc54)ncnc32)C[C@@H]1O. The third-order valence-electron chi connectivity index (χ3n) is 6.43. The number of hydrogen-bond donors (Lipinski definition) is 3. The molecule has 5 rings (SSSR count). The number of hydrogen-bond acceptors (Lipinski definition) is 7. The number of fused-ring (bicyclic) bond motifs is 2. The molecule has 10 heteroatoms. The number of nitrogens with one attached hydrogen (secondary N) is 1. The van der Waals surface area contributed by atoms with Gasteiger partial charge in [-0.3, -0.25) is 4.18 Å². The summed E-state index contributed by atoms with van der Waals surface area (Å²) in [6.07, 6.45) is 5.96. The molecule has 4 atom stereocenters. The Hall–Kier alpha value is -2.53. The first-order chi connectivity index (χ1) is 14.9. The summed E-state index contributed by atoms with van der Waals surface area (Å²) in [6, 6.07) is 10.6. The van der Waals surface area contributed by atoms with Gasteiger partial charge in [-0.15, -0.1) is 0 Å². The predicted octanol–water partition coefficient (Wildman–Crippen LogP) is 2.06. The Balaban J connectivity index is 1.37. The van der Waals surface area contributed by atoms with Crippen LogP contribution in [0.4, 0.5) is 5.82 Å². The largest absolute Gasteiger partial charge is 0.393 e. The van der Waals surface area contributed by atoms with Crippen LogP contribution in [0.25, 0.3) is 11.0 Å². The minimum Gasteiger partial charge on any atom is -0.393 e. The van der Waals surface area contributed by atoms with Gasteiger partial charge in [0.15, 0.2) is 0 Å². The van der Waals surface area contributed by atoms with Crippen LogP contribution >= 0.6 is 0 Å². The number of anilines is 1. The van der Waals surface area contributed by atoms with Crippen molar-refractivity contribution in [1.29, 1.82) is 0 Å². The first-order valence-corrected chi connectivity index (χ1v) is 11.9. The maximum atomic E-state index is 11.1. The number of aryl methyl sites for hydroxylation is 1. The normalized spacial score (nSPS) is 25.7. The molecule has 1 aromatic carbocycles. The van der Waals surface area contributed by atoms with Gasteiger partial charge in [0.1, 0.15) is 17.8 Å². The van der Waals surface area contributed by atoms with Crippen molar-refractivity contribution >= 4 is 27.2 Å². The first-order valence-electron chi connectivity index (χ1n) is 10.4. The van der Waals surface area contributed by atoms with Gasteiger partial charge in [-0.05, 0) is 42.9 Å². The molecule has 3 aromatic rings. The highest BCUT2D eigenvalue weighted by atomic mass is 32.2. The van der Waals surface area contributed by atoms with Crippen molar-refractivity contribution in [1.82, 2.24) is 14.5 Å². The number of aromatic nitrogens is 3. The van der Waals surface area contributed by atoms with Gasteiger partial charge in [0.25, 0.3) is 0 Å². The third-order valence-corrected chi connectivity index (χ3v) is 6.89. The fourth-order valence-electron chi connectivity index (χ4n) is 4.92. The molecular weight excluding hydrogens is 418 g/mol. The number of aliphatic hydroxyl groups is 1. The Morgan fingerprint density at radius 3 is 2.90 bits per heavy atom. The van der Waals surface area contributed by atoms with Crippen molar-refractivity contribution in [3.8, 4) is 0 Å². The van der Waals surface area contributed by atoms with Crippen LogP contribution < -0.4 is 10.5 Å². The number of nitrogens with two attached hydrogens (primary N) is 1. The van der Waals surface area contributed by atoms with Crippen molar-refractivity contribution < 1.29 is 17.7 Å². The van der Waals surface area contributed by atoms with Crippen LogP contribution in [0.3, 0.4) is 0 Å². The van der Waals surface area contributed by atoms with Gasteiger partial charge in [-0.1, -0.05) is 24.3 Å². The highest BCUT2D eigenvalue weighted by Crippen LogP contribution is 2.39. The van der Waals surface area contributed by atoms with Gasteiger partial charge in [-0.25, -0.2) is 15.1 Å². The molecule has 9 nitrogen and oxygen atoms in total. The van der Waals surface area contributed by atoms with Crippen LogP contribution in [0, 0.1) is 5.92 Å². The van der Waals surface area contributed by atoms with E-state index in [0.717, 1.165) is 29.7 Å². The number of nitrogens with zero attached hydrogens (tertiary/aromatic N) is 3. The lowest BCUT2D eigenvalue weighted by molar-refractivity contribution is 0.100. The minimum atomic E-state index is -4.03. The lowest BCUT2D eigenvalue weighted by Gasteiger charge is -2.16. The first kappa shape index (κ1) is 20.4. The summed E-state index contributed by atoms with van der Waals surface area (Å²) < 4.78 is 28.9. The van der Waals surface area contributed by atoms with Crippen molar-refractivity contribution in [2.45, 2.75) is 43.9 Å². The van der Waals surface area contributed by atoms with E-state index >= 15 is 0 Å². The van der Waals surface area contributed by atoms with Gasteiger partial charge < -0.3 is 15.0 Å². The summed E-state index contributed by atoms with van der Waals surface area (Å²) >= 11 is 0. The molecule has 1 fully saturated rings. The smallest absolute Gasteiger partial charge is 0.333 e. The molecule has 0 spiro atoms. The Morgan fingerprint density at radius 2 is 2.06 bits per heavy atom. The van der Waals surface area contributed by atoms with Crippen LogP contribution in [0.5, 0.6) is 0 Å². The van der Waals surface area contributed by atoms with Gasteiger partial charge >= 0.3 is 10.3 Å². The van der Waals surface area contributed by atoms with Crippen molar-refractivity contribution in [2.75, 3.05) is 11.9 Å². The highest BCUT2D eigenvalue weighted by molar-refractivity contribution is 7.84. The standard InChI is InChI=1S/C21H25N5O4S/c22-31(28,29)30-11-14-9-15(10-19(14)27)26-8-7-17-20(23-12-24-21(17)26)25-18-6-5-13-3-1-2-4-16(13)18/h1-4,7-8,12,14-15,18-19,27H,5-6,9-11H2,(H2,22,28,29)(H,23,24,25)/t14-,15-,18+,19+/m1/s1. The molecule has 0 amide bonds. The second-order valence-corrected chi connectivity index (χ2v) is 9.57. The quantitative estimate of drug-likeness (QED) is 0.531. The fourth-order valence-corrected chi connectivity index (χ4v) is 5.28. The number of benzene rings is 1. The maximum absolute atomic E-state index is 11.1. The van der Waals surface area contributed by atoms with E-state index in [9.17, 15) is 13.5 Å². The number of rotatable bonds is 6. The van der Waals surface area contributed by atoms with E-state index in [2.05, 4.69) is 39.6 Å². The zero-order chi connectivity index (χ0) is 21.6. The van der Waals surface area contributed by atoms with Crippen LogP contribution in [0.2, 0.25) is 0 Å². The van der Waals surface area contributed by atoms with Gasteiger partial charge in [-0.2, -0.15) is 8.42 Å². The lowest BCUT2D eigenvalue weighted by atomic mass is 10.1. The molecule has 2 aromatic heterocycles. The Morgan fingerprint density at radius 1 is 1.23 bits per heavy atom. The van der Waals surface area contributed by atoms with E-state index in [1.807, 2.05) is 16.8 Å². The lowest BCUT2D eigenvalue weighted by Crippen LogP contribution is -2.24.